The minimum Gasteiger partial charge on any atom is -0.343 e. The van der Waals surface area contributed by atoms with E-state index in [1.807, 2.05) is 0 Å². The average Bonchev–Trinajstić information content (AvgIpc) is 2.79. The van der Waals surface area contributed by atoms with Crippen LogP contribution in [0.15, 0.2) is 23.4 Å². The first-order valence-corrected chi connectivity index (χ1v) is 6.13. The van der Waals surface area contributed by atoms with Gasteiger partial charge in [-0.25, -0.2) is 4.98 Å². The highest BCUT2D eigenvalue weighted by Gasteiger charge is 2.15. The molecule has 0 atom stereocenters. The van der Waals surface area contributed by atoms with E-state index >= 15 is 0 Å². The molecule has 2 heterocycles. The molecule has 0 N–H and O–H groups in total. The van der Waals surface area contributed by atoms with Gasteiger partial charge in [0.05, 0.1) is 0 Å². The number of carbonyl (C=O) groups excluding carboxylic acids is 1. The third-order valence-corrected chi connectivity index (χ3v) is 3.00. The van der Waals surface area contributed by atoms with E-state index in [-0.39, 0.29) is 23.2 Å². The van der Waals surface area contributed by atoms with Crippen molar-refractivity contribution in [3.8, 4) is 11.5 Å². The van der Waals surface area contributed by atoms with Crippen LogP contribution in [0.2, 0.25) is 0 Å². The Kier molecular flexibility index (Phi) is 3.79. The molecule has 2 aromatic heterocycles. The lowest BCUT2D eigenvalue weighted by atomic mass is 10.2. The number of hydrogen-bond donors (Lipinski definition) is 0. The van der Waals surface area contributed by atoms with Crippen LogP contribution in [-0.4, -0.2) is 44.7 Å². The molecule has 0 aromatic carbocycles. The summed E-state index contributed by atoms with van der Waals surface area (Å²) < 4.78 is 14.0. The van der Waals surface area contributed by atoms with Gasteiger partial charge in [-0.15, -0.1) is 10.2 Å². The fraction of sp³-hybridized carbons (Fsp3) is 0.273. The number of pyridine rings is 1. The van der Waals surface area contributed by atoms with E-state index in [1.54, 1.807) is 39.3 Å². The summed E-state index contributed by atoms with van der Waals surface area (Å²) in [5, 5.41) is 7.69. The molecule has 2 aromatic rings. The molecule has 0 saturated carbocycles. The van der Waals surface area contributed by atoms with E-state index in [2.05, 4.69) is 15.2 Å². The quantitative estimate of drug-likeness (QED) is 0.854. The maximum Gasteiger partial charge on any atom is 0.271 e. The van der Waals surface area contributed by atoms with Crippen LogP contribution < -0.4 is 0 Å². The second-order valence-electron chi connectivity index (χ2n) is 4.05. The summed E-state index contributed by atoms with van der Waals surface area (Å²) in [4.78, 5) is 17.5. The standard InChI is InChI=1S/C11H12FN5OS/c1-16(2)10(18)8-6-4-5-7(13-8)9-14-15-11(19-12)17(9)3/h4-6H,1-3H3. The van der Waals surface area contributed by atoms with Crippen molar-refractivity contribution >= 4 is 18.1 Å². The fourth-order valence-corrected chi connectivity index (χ4v) is 1.77. The molecule has 0 aliphatic carbocycles. The van der Waals surface area contributed by atoms with Gasteiger partial charge in [-0.3, -0.25) is 4.79 Å². The molecule has 0 spiro atoms. The van der Waals surface area contributed by atoms with Crippen LogP contribution in [0.3, 0.4) is 0 Å². The van der Waals surface area contributed by atoms with Crippen molar-refractivity contribution in [1.82, 2.24) is 24.6 Å². The Balaban J connectivity index is 2.43. The summed E-state index contributed by atoms with van der Waals surface area (Å²) in [6.07, 6.45) is 0. The molecular formula is C11H12FN5OS. The molecule has 0 saturated heterocycles. The minimum atomic E-state index is -0.205. The zero-order chi connectivity index (χ0) is 14.0. The van der Waals surface area contributed by atoms with Gasteiger partial charge in [0.1, 0.15) is 23.5 Å². The van der Waals surface area contributed by atoms with Crippen molar-refractivity contribution in [3.05, 3.63) is 23.9 Å². The largest absolute Gasteiger partial charge is 0.343 e. The van der Waals surface area contributed by atoms with Gasteiger partial charge in [-0.1, -0.05) is 6.07 Å². The molecule has 100 valence electrons. The molecular weight excluding hydrogens is 269 g/mol. The number of halogens is 1. The second kappa shape index (κ2) is 5.35. The first-order chi connectivity index (χ1) is 9.04. The zero-order valence-corrected chi connectivity index (χ0v) is 11.5. The van der Waals surface area contributed by atoms with E-state index in [0.717, 1.165) is 0 Å². The topological polar surface area (TPSA) is 63.9 Å². The Morgan fingerprint density at radius 2 is 2.11 bits per heavy atom. The van der Waals surface area contributed by atoms with Crippen molar-refractivity contribution in [3.63, 3.8) is 0 Å². The lowest BCUT2D eigenvalue weighted by Gasteiger charge is -2.10. The normalized spacial score (nSPS) is 10.5. The molecule has 0 bridgehead atoms. The van der Waals surface area contributed by atoms with Gasteiger partial charge in [0, 0.05) is 21.1 Å². The molecule has 0 fully saturated rings. The summed E-state index contributed by atoms with van der Waals surface area (Å²) in [5.41, 5.74) is 0.781. The molecule has 0 radical (unpaired) electrons. The van der Waals surface area contributed by atoms with Crippen LogP contribution >= 0.6 is 12.1 Å². The number of carbonyl (C=O) groups is 1. The van der Waals surface area contributed by atoms with Gasteiger partial charge >= 0.3 is 0 Å². The SMILES string of the molecule is CN(C)C(=O)c1cccc(-c2nnc(SF)n2C)n1. The van der Waals surface area contributed by atoms with Crippen LogP contribution in [0, 0.1) is 0 Å². The van der Waals surface area contributed by atoms with Crippen LogP contribution in [0.4, 0.5) is 3.89 Å². The maximum atomic E-state index is 12.5. The predicted molar refractivity (Wildman–Crippen MR) is 69.2 cm³/mol. The summed E-state index contributed by atoms with van der Waals surface area (Å²) >= 11 is 0.0127. The third kappa shape index (κ3) is 2.58. The van der Waals surface area contributed by atoms with Crippen molar-refractivity contribution in [1.29, 1.82) is 0 Å². The predicted octanol–water partition coefficient (Wildman–Crippen LogP) is 1.56. The monoisotopic (exact) mass is 281 g/mol. The van der Waals surface area contributed by atoms with E-state index < -0.39 is 0 Å². The summed E-state index contributed by atoms with van der Waals surface area (Å²) in [7, 11) is 4.94. The third-order valence-electron chi connectivity index (χ3n) is 2.51. The van der Waals surface area contributed by atoms with E-state index in [4.69, 9.17) is 0 Å². The van der Waals surface area contributed by atoms with Crippen molar-refractivity contribution in [2.45, 2.75) is 5.16 Å². The number of amides is 1. The number of hydrogen-bond acceptors (Lipinski definition) is 5. The zero-order valence-electron chi connectivity index (χ0n) is 10.7. The van der Waals surface area contributed by atoms with Gasteiger partial charge in [-0.05, 0) is 12.1 Å². The number of rotatable bonds is 3. The van der Waals surface area contributed by atoms with Gasteiger partial charge in [-0.2, -0.15) is 3.89 Å². The highest BCUT2D eigenvalue weighted by Crippen LogP contribution is 2.21. The molecule has 6 nitrogen and oxygen atoms in total. The van der Waals surface area contributed by atoms with Crippen LogP contribution in [-0.2, 0) is 7.05 Å². The van der Waals surface area contributed by atoms with Crippen molar-refractivity contribution in [2.75, 3.05) is 14.1 Å². The highest BCUT2D eigenvalue weighted by atomic mass is 32.2. The Morgan fingerprint density at radius 1 is 1.37 bits per heavy atom. The molecule has 0 aliphatic rings. The van der Waals surface area contributed by atoms with Crippen LogP contribution in [0.5, 0.6) is 0 Å². The summed E-state index contributed by atoms with van der Waals surface area (Å²) in [6.45, 7) is 0. The minimum absolute atomic E-state index is 0.0127. The summed E-state index contributed by atoms with van der Waals surface area (Å²) in [6, 6.07) is 5.02. The van der Waals surface area contributed by atoms with Gasteiger partial charge in [0.25, 0.3) is 5.91 Å². The highest BCUT2D eigenvalue weighted by molar-refractivity contribution is 7.94. The van der Waals surface area contributed by atoms with Crippen LogP contribution in [0.1, 0.15) is 10.5 Å². The van der Waals surface area contributed by atoms with Gasteiger partial charge in [0.15, 0.2) is 5.82 Å². The van der Waals surface area contributed by atoms with Gasteiger partial charge in [0.2, 0.25) is 5.16 Å². The lowest BCUT2D eigenvalue weighted by Crippen LogP contribution is -2.22. The van der Waals surface area contributed by atoms with Crippen LogP contribution in [0.25, 0.3) is 11.5 Å². The Labute approximate surface area is 114 Å². The van der Waals surface area contributed by atoms with E-state index in [9.17, 15) is 8.68 Å². The first kappa shape index (κ1) is 13.5. The molecule has 19 heavy (non-hydrogen) atoms. The molecule has 1 amide bonds. The Hall–Kier alpha value is -1.96. The second-order valence-corrected chi connectivity index (χ2v) is 4.57. The van der Waals surface area contributed by atoms with Crippen molar-refractivity contribution in [2.24, 2.45) is 7.05 Å². The molecule has 0 aliphatic heterocycles. The average molecular weight is 281 g/mol. The van der Waals surface area contributed by atoms with E-state index in [1.165, 1.54) is 9.47 Å². The Bertz CT molecular complexity index is 613. The smallest absolute Gasteiger partial charge is 0.271 e. The summed E-state index contributed by atoms with van der Waals surface area (Å²) in [5.74, 6) is 0.206. The number of nitrogens with zero attached hydrogens (tertiary/aromatic N) is 5. The lowest BCUT2D eigenvalue weighted by molar-refractivity contribution is 0.0822. The molecule has 0 unspecified atom stereocenters. The maximum absolute atomic E-state index is 12.5. The van der Waals surface area contributed by atoms with Gasteiger partial charge < -0.3 is 9.47 Å². The first-order valence-electron chi connectivity index (χ1n) is 5.41. The molecule has 2 rings (SSSR count). The molecule has 8 heteroatoms. The van der Waals surface area contributed by atoms with E-state index in [0.29, 0.717) is 17.2 Å². The van der Waals surface area contributed by atoms with Crippen molar-refractivity contribution < 1.29 is 8.68 Å². The number of aromatic nitrogens is 4. The Morgan fingerprint density at radius 3 is 2.68 bits per heavy atom. The fourth-order valence-electron chi connectivity index (χ4n) is 1.51.